The Morgan fingerprint density at radius 3 is 2.75 bits per heavy atom. The van der Waals surface area contributed by atoms with Crippen LogP contribution in [0.2, 0.25) is 0 Å². The number of nitrogens with zero attached hydrogens (tertiary/aromatic N) is 1. The summed E-state index contributed by atoms with van der Waals surface area (Å²) in [6.07, 6.45) is -0.807. The molecule has 0 fully saturated rings. The molecule has 0 aliphatic carbocycles. The number of fused-ring (bicyclic) bond motifs is 3. The van der Waals surface area contributed by atoms with Crippen molar-refractivity contribution in [2.45, 2.75) is 19.3 Å². The average Bonchev–Trinajstić information content (AvgIpc) is 2.70. The summed E-state index contributed by atoms with van der Waals surface area (Å²) >= 11 is 0. The largest absolute Gasteiger partial charge is 0.514 e. The van der Waals surface area contributed by atoms with Gasteiger partial charge in [-0.25, -0.2) is 4.79 Å². The number of aromatic nitrogens is 1. The van der Waals surface area contributed by atoms with E-state index >= 15 is 0 Å². The van der Waals surface area contributed by atoms with Gasteiger partial charge in [0.05, 0.1) is 5.52 Å². The van der Waals surface area contributed by atoms with Crippen molar-refractivity contribution in [3.63, 3.8) is 0 Å². The van der Waals surface area contributed by atoms with E-state index in [1.165, 1.54) is 13.2 Å². The van der Waals surface area contributed by atoms with Crippen molar-refractivity contribution in [3.05, 3.63) is 70.5 Å². The Hall–Kier alpha value is -3.32. The Bertz CT molecular complexity index is 1060. The molecule has 0 spiro atoms. The molecule has 0 saturated heterocycles. The van der Waals surface area contributed by atoms with Crippen LogP contribution in [-0.4, -0.2) is 30.5 Å². The van der Waals surface area contributed by atoms with Gasteiger partial charge in [0.1, 0.15) is 30.9 Å². The standard InChI is InChI=1S/C21H19NO6/c1-25-13-22-18-8-9-19-17(16(18)7-10-20(22)23)11-15(12-26-19)28-21(24)27-14-5-3-2-4-6-14/h2-10,15H,11-13H2,1H3. The van der Waals surface area contributed by atoms with Crippen LogP contribution in [0.4, 0.5) is 4.79 Å². The van der Waals surface area contributed by atoms with Crippen LogP contribution < -0.4 is 15.0 Å². The third-order valence-corrected chi connectivity index (χ3v) is 4.56. The molecule has 0 N–H and O–H groups in total. The zero-order chi connectivity index (χ0) is 19.5. The molecule has 7 nitrogen and oxygen atoms in total. The third-order valence-electron chi connectivity index (χ3n) is 4.56. The fraction of sp³-hybridized carbons (Fsp3) is 0.238. The average molecular weight is 381 g/mol. The van der Waals surface area contributed by atoms with Crippen molar-refractivity contribution >= 4 is 17.1 Å². The Labute approximate surface area is 161 Å². The molecule has 1 aromatic heterocycles. The molecular formula is C21H19NO6. The molecule has 1 unspecified atom stereocenters. The van der Waals surface area contributed by atoms with Crippen LogP contribution in [0.25, 0.3) is 10.9 Å². The third kappa shape index (κ3) is 3.57. The molecular weight excluding hydrogens is 362 g/mol. The maximum absolute atomic E-state index is 12.1. The van der Waals surface area contributed by atoms with Crippen molar-refractivity contribution < 1.29 is 23.7 Å². The summed E-state index contributed by atoms with van der Waals surface area (Å²) in [6.45, 7) is 0.388. The molecule has 1 aliphatic heterocycles. The lowest BCUT2D eigenvalue weighted by atomic mass is 9.99. The van der Waals surface area contributed by atoms with Gasteiger partial charge in [-0.1, -0.05) is 18.2 Å². The molecule has 28 heavy (non-hydrogen) atoms. The zero-order valence-electron chi connectivity index (χ0n) is 15.3. The molecule has 0 bridgehead atoms. The van der Waals surface area contributed by atoms with Crippen molar-refractivity contribution in [1.29, 1.82) is 0 Å². The summed E-state index contributed by atoms with van der Waals surface area (Å²) in [5.74, 6) is 1.13. The van der Waals surface area contributed by atoms with Gasteiger partial charge in [0.25, 0.3) is 5.56 Å². The lowest BCUT2D eigenvalue weighted by molar-refractivity contribution is 0.0282. The van der Waals surface area contributed by atoms with Gasteiger partial charge in [0, 0.05) is 30.5 Å². The quantitative estimate of drug-likeness (QED) is 0.511. The Balaban J connectivity index is 1.57. The molecule has 0 saturated carbocycles. The van der Waals surface area contributed by atoms with Crippen molar-refractivity contribution in [1.82, 2.24) is 4.57 Å². The van der Waals surface area contributed by atoms with E-state index in [1.807, 2.05) is 18.2 Å². The number of hydrogen-bond donors (Lipinski definition) is 0. The number of para-hydroxylation sites is 1. The van der Waals surface area contributed by atoms with Gasteiger partial charge in [0.15, 0.2) is 0 Å². The van der Waals surface area contributed by atoms with E-state index < -0.39 is 12.3 Å². The first-order valence-corrected chi connectivity index (χ1v) is 8.86. The first-order valence-electron chi connectivity index (χ1n) is 8.86. The highest BCUT2D eigenvalue weighted by atomic mass is 16.7. The second-order valence-corrected chi connectivity index (χ2v) is 6.41. The molecule has 2 aromatic carbocycles. The van der Waals surface area contributed by atoms with Gasteiger partial charge < -0.3 is 18.9 Å². The molecule has 4 rings (SSSR count). The molecule has 7 heteroatoms. The van der Waals surface area contributed by atoms with E-state index in [9.17, 15) is 9.59 Å². The van der Waals surface area contributed by atoms with Crippen LogP contribution in [0.15, 0.2) is 59.4 Å². The summed E-state index contributed by atoms with van der Waals surface area (Å²) in [7, 11) is 1.54. The minimum atomic E-state index is -0.778. The Morgan fingerprint density at radius 1 is 1.14 bits per heavy atom. The van der Waals surface area contributed by atoms with Crippen LogP contribution in [0, 0.1) is 0 Å². The Kier molecular flexibility index (Phi) is 4.99. The lowest BCUT2D eigenvalue weighted by Crippen LogP contribution is -2.32. The second-order valence-electron chi connectivity index (χ2n) is 6.41. The predicted molar refractivity (Wildman–Crippen MR) is 102 cm³/mol. The smallest absolute Gasteiger partial charge is 0.489 e. The van der Waals surface area contributed by atoms with Gasteiger partial charge in [-0.15, -0.1) is 0 Å². The fourth-order valence-electron chi connectivity index (χ4n) is 3.31. The van der Waals surface area contributed by atoms with Crippen LogP contribution in [0.5, 0.6) is 11.5 Å². The number of ether oxygens (including phenoxy) is 4. The zero-order valence-corrected chi connectivity index (χ0v) is 15.3. The topological polar surface area (TPSA) is 76.0 Å². The van der Waals surface area contributed by atoms with E-state index in [2.05, 4.69) is 0 Å². The summed E-state index contributed by atoms with van der Waals surface area (Å²) in [5.41, 5.74) is 1.47. The second kappa shape index (κ2) is 7.74. The summed E-state index contributed by atoms with van der Waals surface area (Å²) in [5, 5.41) is 0.860. The van der Waals surface area contributed by atoms with Crippen molar-refractivity contribution in [2.75, 3.05) is 13.7 Å². The van der Waals surface area contributed by atoms with E-state index in [0.717, 1.165) is 16.5 Å². The molecule has 144 valence electrons. The number of hydrogen-bond acceptors (Lipinski definition) is 6. The van der Waals surface area contributed by atoms with Crippen LogP contribution in [-0.2, 0) is 22.6 Å². The first kappa shape index (κ1) is 18.1. The molecule has 0 amide bonds. The normalized spacial score (nSPS) is 15.5. The van der Waals surface area contributed by atoms with Crippen LogP contribution in [0.1, 0.15) is 5.56 Å². The number of benzene rings is 2. The maximum Gasteiger partial charge on any atom is 0.514 e. The van der Waals surface area contributed by atoms with E-state index in [1.54, 1.807) is 34.9 Å². The fourth-order valence-corrected chi connectivity index (χ4v) is 3.31. The highest BCUT2D eigenvalue weighted by molar-refractivity contribution is 5.85. The van der Waals surface area contributed by atoms with Gasteiger partial charge in [-0.2, -0.15) is 0 Å². The molecule has 1 aliphatic rings. The van der Waals surface area contributed by atoms with E-state index in [-0.39, 0.29) is 18.9 Å². The first-order chi connectivity index (χ1) is 13.7. The monoisotopic (exact) mass is 381 g/mol. The molecule has 0 radical (unpaired) electrons. The van der Waals surface area contributed by atoms with E-state index in [4.69, 9.17) is 18.9 Å². The highest BCUT2D eigenvalue weighted by Gasteiger charge is 2.26. The number of rotatable bonds is 4. The molecule has 1 atom stereocenters. The predicted octanol–water partition coefficient (Wildman–Crippen LogP) is 3.12. The minimum Gasteiger partial charge on any atom is -0.489 e. The minimum absolute atomic E-state index is 0.148. The van der Waals surface area contributed by atoms with Crippen LogP contribution in [0.3, 0.4) is 0 Å². The molecule has 3 aromatic rings. The van der Waals surface area contributed by atoms with Crippen LogP contribution >= 0.6 is 0 Å². The number of carbonyl (C=O) groups excluding carboxylic acids is 1. The molecule has 2 heterocycles. The summed E-state index contributed by atoms with van der Waals surface area (Å²) < 4.78 is 23.1. The number of methoxy groups -OCH3 is 1. The van der Waals surface area contributed by atoms with Gasteiger partial charge in [-0.3, -0.25) is 9.36 Å². The van der Waals surface area contributed by atoms with Gasteiger partial charge >= 0.3 is 6.16 Å². The van der Waals surface area contributed by atoms with Crippen molar-refractivity contribution in [2.24, 2.45) is 0 Å². The number of carbonyl (C=O) groups is 1. The van der Waals surface area contributed by atoms with Gasteiger partial charge in [-0.05, 0) is 30.3 Å². The van der Waals surface area contributed by atoms with Gasteiger partial charge in [0.2, 0.25) is 0 Å². The summed E-state index contributed by atoms with van der Waals surface area (Å²) in [6, 6.07) is 15.6. The Morgan fingerprint density at radius 2 is 1.96 bits per heavy atom. The lowest BCUT2D eigenvalue weighted by Gasteiger charge is -2.26. The van der Waals surface area contributed by atoms with E-state index in [0.29, 0.717) is 17.9 Å². The summed E-state index contributed by atoms with van der Waals surface area (Å²) in [4.78, 5) is 24.2. The van der Waals surface area contributed by atoms with Crippen molar-refractivity contribution in [3.8, 4) is 11.5 Å². The maximum atomic E-state index is 12.1. The number of pyridine rings is 1. The highest BCUT2D eigenvalue weighted by Crippen LogP contribution is 2.32. The SMILES string of the molecule is COCn1c(=O)ccc2c3c(ccc21)OCC(OC(=O)Oc1ccccc1)C3.